The lowest BCUT2D eigenvalue weighted by Crippen LogP contribution is -3.00. The molecule has 3 N–H and O–H groups in total. The summed E-state index contributed by atoms with van der Waals surface area (Å²) in [6.07, 6.45) is 10.3. The fourth-order valence-corrected chi connectivity index (χ4v) is 5.99. The molecule has 2 heterocycles. The number of rotatable bonds is 13. The normalized spacial score (nSPS) is 10.8. The summed E-state index contributed by atoms with van der Waals surface area (Å²) < 4.78 is 4.92. The van der Waals surface area contributed by atoms with E-state index >= 15 is 0 Å². The number of unbranched alkanes of at least 4 members (excludes halogenated alkanes) is 7. The first-order chi connectivity index (χ1) is 19.6. The Morgan fingerprint density at radius 2 is 1.02 bits per heavy atom. The number of fused-ring (bicyclic) bond motifs is 2. The minimum absolute atomic E-state index is 0. The number of nitrogens with zero attached hydrogens (tertiary/aromatic N) is 2. The van der Waals surface area contributed by atoms with Gasteiger partial charge in [-0.25, -0.2) is 0 Å². The van der Waals surface area contributed by atoms with Crippen LogP contribution in [0.25, 0.3) is 21.8 Å². The fourth-order valence-electron chi connectivity index (χ4n) is 5.99. The fraction of sp³-hybridized carbons (Fsp3) is 0.333. The first-order valence-corrected chi connectivity index (χ1v) is 15.0. The Morgan fingerprint density at radius 3 is 1.62 bits per heavy atom. The number of benzene rings is 3. The predicted molar refractivity (Wildman–Crippen MR) is 176 cm³/mol. The van der Waals surface area contributed by atoms with Gasteiger partial charge < -0.3 is 23.5 Å². The Bertz CT molecular complexity index is 1570. The van der Waals surface area contributed by atoms with Crippen molar-refractivity contribution < 1.29 is 21.5 Å². The molecule has 0 radical (unpaired) electrons. The molecule has 0 aliphatic heterocycles. The first-order valence-electron chi connectivity index (χ1n) is 15.0. The third-order valence-electron chi connectivity index (χ3n) is 8.13. The molecule has 0 bridgehead atoms. The van der Waals surface area contributed by atoms with E-state index in [0.717, 1.165) is 29.9 Å². The number of hydrogen-bond acceptors (Lipinski definition) is 2. The average molecular weight is 605 g/mol. The molecule has 0 unspecified atom stereocenters. The smallest absolute Gasteiger partial charge is 0.214 e. The molecular weight excluding hydrogens is 559 g/mol. The van der Waals surface area contributed by atoms with E-state index in [1.54, 1.807) is 0 Å². The quantitative estimate of drug-likeness (QED) is 0.133. The standard InChI is InChI=1S/C36H42N4.2ClH/c1-28-26-33(37)31-20-12-14-22-35(31)39(28)24-16-7-5-3-4-6-8-17-25-40-29(2)27-34(32-21-13-15-23-36(32)40)38-30-18-10-9-11-19-30;;/h9-15,18-23,26-27,37H,3-8,16-17,24-25H2,1-2H3;2*1H/p+1. The second-order valence-electron chi connectivity index (χ2n) is 11.1. The van der Waals surface area contributed by atoms with Crippen LogP contribution in [0.5, 0.6) is 0 Å². The largest absolute Gasteiger partial charge is 1.00 e. The van der Waals surface area contributed by atoms with Gasteiger partial charge in [0.25, 0.3) is 0 Å². The summed E-state index contributed by atoms with van der Waals surface area (Å²) in [4.78, 5) is 0. The molecule has 6 heteroatoms. The number of para-hydroxylation sites is 3. The predicted octanol–water partition coefficient (Wildman–Crippen LogP) is 5.76. The Morgan fingerprint density at radius 1 is 0.571 bits per heavy atom. The van der Waals surface area contributed by atoms with Crippen LogP contribution < -0.4 is 32.6 Å². The first kappa shape index (κ1) is 33.2. The van der Waals surface area contributed by atoms with Gasteiger partial charge in [-0.05, 0) is 37.1 Å². The number of aryl methyl sites for hydroxylation is 4. The highest BCUT2D eigenvalue weighted by Gasteiger charge is 2.17. The van der Waals surface area contributed by atoms with Crippen LogP contribution in [-0.4, -0.2) is 0 Å². The molecule has 0 aliphatic rings. The lowest BCUT2D eigenvalue weighted by molar-refractivity contribution is -0.678. The Kier molecular flexibility index (Phi) is 12.9. The van der Waals surface area contributed by atoms with Crippen molar-refractivity contribution in [1.29, 1.82) is 0 Å². The van der Waals surface area contributed by atoms with Crippen molar-refractivity contribution in [3.63, 3.8) is 0 Å². The molecule has 2 aromatic heterocycles. The summed E-state index contributed by atoms with van der Waals surface area (Å²) in [7, 11) is 0. The third kappa shape index (κ3) is 8.14. The van der Waals surface area contributed by atoms with Crippen LogP contribution in [0.1, 0.15) is 62.8 Å². The van der Waals surface area contributed by atoms with Crippen LogP contribution in [0.2, 0.25) is 0 Å². The molecule has 0 spiro atoms. The summed E-state index contributed by atoms with van der Waals surface area (Å²) in [6, 6.07) is 32.1. The van der Waals surface area contributed by atoms with Crippen molar-refractivity contribution >= 4 is 51.3 Å². The van der Waals surface area contributed by atoms with Crippen molar-refractivity contribution in [2.75, 3.05) is 11.1 Å². The van der Waals surface area contributed by atoms with Crippen LogP contribution in [0.15, 0.2) is 91.0 Å². The topological polar surface area (TPSA) is 45.8 Å². The van der Waals surface area contributed by atoms with Crippen LogP contribution in [0, 0.1) is 13.8 Å². The highest BCUT2D eigenvalue weighted by atomic mass is 35.5. The average Bonchev–Trinajstić information content (AvgIpc) is 2.97. The van der Waals surface area contributed by atoms with E-state index in [0.29, 0.717) is 0 Å². The molecule has 0 saturated carbocycles. The monoisotopic (exact) mass is 603 g/mol. The number of pyridine rings is 2. The molecule has 222 valence electrons. The summed E-state index contributed by atoms with van der Waals surface area (Å²) in [5.74, 6) is 0. The zero-order chi connectivity index (χ0) is 27.7. The highest BCUT2D eigenvalue weighted by molar-refractivity contribution is 5.91. The zero-order valence-corrected chi connectivity index (χ0v) is 26.6. The number of anilines is 3. The van der Waals surface area contributed by atoms with Gasteiger partial charge in [0.1, 0.15) is 13.1 Å². The lowest BCUT2D eigenvalue weighted by atomic mass is 10.1. The van der Waals surface area contributed by atoms with Gasteiger partial charge in [-0.2, -0.15) is 9.13 Å². The molecule has 5 aromatic rings. The van der Waals surface area contributed by atoms with Crippen molar-refractivity contribution in [2.24, 2.45) is 0 Å². The van der Waals surface area contributed by atoms with Gasteiger partial charge in [-0.3, -0.25) is 0 Å². The van der Waals surface area contributed by atoms with E-state index in [4.69, 9.17) is 5.73 Å². The minimum atomic E-state index is 0. The number of nitrogen functional groups attached to an aromatic ring is 1. The molecule has 0 fully saturated rings. The van der Waals surface area contributed by atoms with Gasteiger partial charge in [-0.15, -0.1) is 12.4 Å². The van der Waals surface area contributed by atoms with Crippen molar-refractivity contribution in [2.45, 2.75) is 78.3 Å². The molecule has 5 rings (SSSR count). The molecule has 42 heavy (non-hydrogen) atoms. The van der Waals surface area contributed by atoms with Gasteiger partial charge in [0.2, 0.25) is 11.0 Å². The molecule has 0 atom stereocenters. The van der Waals surface area contributed by atoms with E-state index in [-0.39, 0.29) is 24.8 Å². The van der Waals surface area contributed by atoms with Crippen LogP contribution >= 0.6 is 12.4 Å². The number of hydrogen-bond donors (Lipinski definition) is 2. The minimum Gasteiger partial charge on any atom is -1.00 e. The second-order valence-corrected chi connectivity index (χ2v) is 11.1. The molecule has 3 aromatic carbocycles. The summed E-state index contributed by atoms with van der Waals surface area (Å²) >= 11 is 0. The van der Waals surface area contributed by atoms with E-state index in [1.807, 2.05) is 0 Å². The van der Waals surface area contributed by atoms with Gasteiger partial charge >= 0.3 is 0 Å². The second kappa shape index (κ2) is 16.3. The van der Waals surface area contributed by atoms with Crippen LogP contribution in [0.3, 0.4) is 0 Å². The molecule has 0 amide bonds. The maximum Gasteiger partial charge on any atom is 0.214 e. The molecule has 0 saturated heterocycles. The van der Waals surface area contributed by atoms with E-state index in [9.17, 15) is 0 Å². The zero-order valence-electron chi connectivity index (χ0n) is 25.0. The van der Waals surface area contributed by atoms with Gasteiger partial charge in [0.05, 0.1) is 22.1 Å². The van der Waals surface area contributed by atoms with Gasteiger partial charge in [-0.1, -0.05) is 68.1 Å². The number of nitrogens with two attached hydrogens (primary N) is 1. The Labute approximate surface area is 263 Å². The third-order valence-corrected chi connectivity index (χ3v) is 8.13. The maximum atomic E-state index is 6.25. The van der Waals surface area contributed by atoms with E-state index < -0.39 is 0 Å². The number of halogens is 2. The van der Waals surface area contributed by atoms with Crippen molar-refractivity contribution in [1.82, 2.24) is 0 Å². The number of nitrogens with one attached hydrogen (secondary N) is 1. The number of aromatic nitrogens is 2. The molecule has 0 aliphatic carbocycles. The van der Waals surface area contributed by atoms with E-state index in [2.05, 4.69) is 119 Å². The van der Waals surface area contributed by atoms with Crippen molar-refractivity contribution in [3.05, 3.63) is 102 Å². The maximum absolute atomic E-state index is 6.25. The van der Waals surface area contributed by atoms with E-state index in [1.165, 1.54) is 84.9 Å². The SMILES string of the molecule is Cc1cc(N)c2ccccc2[n+]1CCCCCCCCCC[n+]1c(C)cc(Nc2ccccc2)c2ccccc21.Cl.[Cl-]. The van der Waals surface area contributed by atoms with Crippen LogP contribution in [-0.2, 0) is 13.1 Å². The Balaban J connectivity index is 0.00000242. The van der Waals surface area contributed by atoms with Crippen molar-refractivity contribution in [3.8, 4) is 0 Å². The van der Waals surface area contributed by atoms with Crippen LogP contribution in [0.4, 0.5) is 17.1 Å². The summed E-state index contributed by atoms with van der Waals surface area (Å²) in [6.45, 7) is 6.54. The van der Waals surface area contributed by atoms with Gasteiger partial charge in [0, 0.05) is 56.6 Å². The lowest BCUT2D eigenvalue weighted by Gasteiger charge is -2.12. The highest BCUT2D eigenvalue weighted by Crippen LogP contribution is 2.26. The summed E-state index contributed by atoms with van der Waals surface area (Å²) in [5, 5.41) is 6.06. The van der Waals surface area contributed by atoms with Gasteiger partial charge in [0.15, 0.2) is 11.4 Å². The summed E-state index contributed by atoms with van der Waals surface area (Å²) in [5.41, 5.74) is 14.5. The molecular formula is C36H45Cl2N4+. The molecule has 4 nitrogen and oxygen atoms in total. The Hall–Kier alpha value is -3.34.